The molecule has 1 aliphatic rings. The van der Waals surface area contributed by atoms with Crippen LogP contribution in [-0.4, -0.2) is 43.5 Å². The number of hydrogen-bond acceptors (Lipinski definition) is 5. The summed E-state index contributed by atoms with van der Waals surface area (Å²) < 4.78 is 10.9. The molecule has 1 atom stereocenters. The Morgan fingerprint density at radius 3 is 2.60 bits per heavy atom. The van der Waals surface area contributed by atoms with Gasteiger partial charge in [-0.3, -0.25) is 14.5 Å². The van der Waals surface area contributed by atoms with Gasteiger partial charge in [0.05, 0.1) is 19.1 Å². The quantitative estimate of drug-likeness (QED) is 0.481. The Hall–Kier alpha value is -2.66. The summed E-state index contributed by atoms with van der Waals surface area (Å²) >= 11 is 0. The molecule has 1 saturated heterocycles. The molecule has 0 aromatic heterocycles. The maximum atomic E-state index is 13.1. The van der Waals surface area contributed by atoms with Crippen molar-refractivity contribution >= 4 is 11.8 Å². The standard InChI is InChI=1S/C25H31NO4/c1-4-30-24(28)25(16-20-8-6-11-23(15-20)29-3)12-7-13-26(18-25)17-21-9-5-10-22(14-21)19(2)27/h5-6,8-11,14-15H,4,7,12-13,16-18H2,1-3H3/t25-/m1/s1. The molecule has 160 valence electrons. The van der Waals surface area contributed by atoms with Crippen LogP contribution in [0, 0.1) is 5.41 Å². The Balaban J connectivity index is 1.82. The van der Waals surface area contributed by atoms with Crippen LogP contribution in [0.3, 0.4) is 0 Å². The van der Waals surface area contributed by atoms with Crippen LogP contribution in [0.5, 0.6) is 5.75 Å². The predicted octanol–water partition coefficient (Wildman–Crippen LogP) is 4.29. The summed E-state index contributed by atoms with van der Waals surface area (Å²) in [5.41, 5.74) is 2.29. The van der Waals surface area contributed by atoms with Crippen LogP contribution in [-0.2, 0) is 22.5 Å². The number of benzene rings is 2. The van der Waals surface area contributed by atoms with Crippen LogP contribution in [0.2, 0.25) is 0 Å². The lowest BCUT2D eigenvalue weighted by Gasteiger charge is -2.41. The molecular formula is C25H31NO4. The number of Topliss-reactive ketones (excluding diaryl/α,β-unsaturated/α-hetero) is 1. The smallest absolute Gasteiger partial charge is 0.313 e. The first kappa shape index (κ1) is 22.0. The van der Waals surface area contributed by atoms with E-state index in [-0.39, 0.29) is 11.8 Å². The number of esters is 1. The minimum Gasteiger partial charge on any atom is -0.497 e. The van der Waals surface area contributed by atoms with Gasteiger partial charge < -0.3 is 9.47 Å². The summed E-state index contributed by atoms with van der Waals surface area (Å²) in [5.74, 6) is 0.726. The Bertz CT molecular complexity index is 894. The topological polar surface area (TPSA) is 55.8 Å². The first-order valence-electron chi connectivity index (χ1n) is 10.6. The summed E-state index contributed by atoms with van der Waals surface area (Å²) in [4.78, 5) is 27.1. The summed E-state index contributed by atoms with van der Waals surface area (Å²) in [6, 6.07) is 15.7. The molecule has 1 aliphatic heterocycles. The lowest BCUT2D eigenvalue weighted by Crippen LogP contribution is -2.49. The zero-order valence-electron chi connectivity index (χ0n) is 18.1. The fourth-order valence-corrected chi connectivity index (χ4v) is 4.35. The molecule has 0 amide bonds. The lowest BCUT2D eigenvalue weighted by atomic mass is 9.75. The van der Waals surface area contributed by atoms with E-state index in [0.29, 0.717) is 26.1 Å². The molecule has 5 heteroatoms. The highest BCUT2D eigenvalue weighted by atomic mass is 16.5. The normalized spacial score (nSPS) is 19.3. The third kappa shape index (κ3) is 5.28. The third-order valence-corrected chi connectivity index (χ3v) is 5.78. The van der Waals surface area contributed by atoms with Crippen LogP contribution in [0.4, 0.5) is 0 Å². The summed E-state index contributed by atoms with van der Waals surface area (Å²) in [5, 5.41) is 0. The molecule has 0 spiro atoms. The molecule has 0 radical (unpaired) electrons. The van der Waals surface area contributed by atoms with E-state index >= 15 is 0 Å². The van der Waals surface area contributed by atoms with E-state index in [1.165, 1.54) is 0 Å². The van der Waals surface area contributed by atoms with Gasteiger partial charge in [-0.1, -0.05) is 30.3 Å². The van der Waals surface area contributed by atoms with E-state index in [0.717, 1.165) is 41.8 Å². The van der Waals surface area contributed by atoms with Crippen molar-refractivity contribution in [2.24, 2.45) is 5.41 Å². The van der Waals surface area contributed by atoms with E-state index in [1.54, 1.807) is 14.0 Å². The first-order valence-corrected chi connectivity index (χ1v) is 10.6. The Kier molecular flexibility index (Phi) is 7.27. The lowest BCUT2D eigenvalue weighted by molar-refractivity contribution is -0.159. The average Bonchev–Trinajstić information content (AvgIpc) is 2.74. The second-order valence-electron chi connectivity index (χ2n) is 8.10. The maximum Gasteiger partial charge on any atom is 0.313 e. The molecule has 0 unspecified atom stereocenters. The zero-order chi connectivity index (χ0) is 21.6. The van der Waals surface area contributed by atoms with Gasteiger partial charge in [0, 0.05) is 18.7 Å². The van der Waals surface area contributed by atoms with Gasteiger partial charge in [-0.25, -0.2) is 0 Å². The van der Waals surface area contributed by atoms with Crippen LogP contribution >= 0.6 is 0 Å². The number of likely N-dealkylation sites (tertiary alicyclic amines) is 1. The van der Waals surface area contributed by atoms with E-state index < -0.39 is 5.41 Å². The van der Waals surface area contributed by atoms with Crippen molar-refractivity contribution in [3.05, 3.63) is 65.2 Å². The largest absolute Gasteiger partial charge is 0.497 e. The average molecular weight is 410 g/mol. The van der Waals surface area contributed by atoms with Crippen molar-refractivity contribution in [3.8, 4) is 5.75 Å². The molecule has 0 saturated carbocycles. The molecule has 0 N–H and O–H groups in total. The number of ether oxygens (including phenoxy) is 2. The Morgan fingerprint density at radius 1 is 1.10 bits per heavy atom. The molecule has 0 aliphatic carbocycles. The first-order chi connectivity index (χ1) is 14.5. The highest BCUT2D eigenvalue weighted by Gasteiger charge is 2.43. The van der Waals surface area contributed by atoms with Crippen molar-refractivity contribution in [2.75, 3.05) is 26.8 Å². The molecule has 1 fully saturated rings. The van der Waals surface area contributed by atoms with Crippen LogP contribution in [0.1, 0.15) is 48.2 Å². The number of hydrogen-bond donors (Lipinski definition) is 0. The SMILES string of the molecule is CCOC(=O)[C@@]1(Cc2cccc(OC)c2)CCCN(Cc2cccc(C(C)=O)c2)C1. The predicted molar refractivity (Wildman–Crippen MR) is 117 cm³/mol. The zero-order valence-corrected chi connectivity index (χ0v) is 18.1. The molecule has 2 aromatic rings. The van der Waals surface area contributed by atoms with Gasteiger partial charge in [-0.15, -0.1) is 0 Å². The molecule has 2 aromatic carbocycles. The van der Waals surface area contributed by atoms with Gasteiger partial charge >= 0.3 is 5.97 Å². The third-order valence-electron chi connectivity index (χ3n) is 5.78. The summed E-state index contributed by atoms with van der Waals surface area (Å²) in [7, 11) is 1.65. The van der Waals surface area contributed by atoms with Crippen molar-refractivity contribution in [1.82, 2.24) is 4.90 Å². The number of nitrogens with zero attached hydrogens (tertiary/aromatic N) is 1. The molecule has 0 bridgehead atoms. The molecular weight excluding hydrogens is 378 g/mol. The van der Waals surface area contributed by atoms with Gasteiger partial charge in [0.1, 0.15) is 5.75 Å². The van der Waals surface area contributed by atoms with Crippen molar-refractivity contribution < 1.29 is 19.1 Å². The van der Waals surface area contributed by atoms with Gasteiger partial charge in [0.2, 0.25) is 0 Å². The van der Waals surface area contributed by atoms with E-state index in [9.17, 15) is 9.59 Å². The van der Waals surface area contributed by atoms with Crippen LogP contribution in [0.15, 0.2) is 48.5 Å². The number of piperidine rings is 1. The molecule has 5 nitrogen and oxygen atoms in total. The monoisotopic (exact) mass is 409 g/mol. The van der Waals surface area contributed by atoms with Gasteiger partial charge in [-0.05, 0) is 69.0 Å². The number of carbonyl (C=O) groups excluding carboxylic acids is 2. The number of methoxy groups -OCH3 is 1. The summed E-state index contributed by atoms with van der Waals surface area (Å²) in [6.45, 7) is 6.07. The summed E-state index contributed by atoms with van der Waals surface area (Å²) in [6.07, 6.45) is 2.34. The Morgan fingerprint density at radius 2 is 1.87 bits per heavy atom. The fraction of sp³-hybridized carbons (Fsp3) is 0.440. The van der Waals surface area contributed by atoms with Crippen LogP contribution in [0.25, 0.3) is 0 Å². The second kappa shape index (κ2) is 9.90. The highest BCUT2D eigenvalue weighted by molar-refractivity contribution is 5.94. The van der Waals surface area contributed by atoms with E-state index in [1.807, 2.05) is 55.5 Å². The second-order valence-corrected chi connectivity index (χ2v) is 8.10. The minimum absolute atomic E-state index is 0.0642. The molecule has 1 heterocycles. The number of rotatable bonds is 8. The van der Waals surface area contributed by atoms with Gasteiger partial charge in [-0.2, -0.15) is 0 Å². The van der Waals surface area contributed by atoms with Gasteiger partial charge in [0.25, 0.3) is 0 Å². The van der Waals surface area contributed by atoms with Gasteiger partial charge in [0.15, 0.2) is 5.78 Å². The highest BCUT2D eigenvalue weighted by Crippen LogP contribution is 2.36. The van der Waals surface area contributed by atoms with E-state index in [4.69, 9.17) is 9.47 Å². The Labute approximate surface area is 179 Å². The van der Waals surface area contributed by atoms with E-state index in [2.05, 4.69) is 4.90 Å². The fourth-order valence-electron chi connectivity index (χ4n) is 4.35. The van der Waals surface area contributed by atoms with Crippen LogP contribution < -0.4 is 4.74 Å². The molecule has 30 heavy (non-hydrogen) atoms. The van der Waals surface area contributed by atoms with Crippen molar-refractivity contribution in [3.63, 3.8) is 0 Å². The maximum absolute atomic E-state index is 13.1. The number of carbonyl (C=O) groups is 2. The number of ketones is 1. The molecule has 3 rings (SSSR count). The van der Waals surface area contributed by atoms with Crippen molar-refractivity contribution in [2.45, 2.75) is 39.7 Å². The van der Waals surface area contributed by atoms with Crippen molar-refractivity contribution in [1.29, 1.82) is 0 Å². The minimum atomic E-state index is -0.585.